The Bertz CT molecular complexity index is 803. The van der Waals surface area contributed by atoms with Crippen LogP contribution in [0.25, 0.3) is 0 Å². The number of aromatic nitrogens is 1. The van der Waals surface area contributed by atoms with Gasteiger partial charge in [0.2, 0.25) is 5.91 Å². The highest BCUT2D eigenvalue weighted by atomic mass is 127. The molecule has 1 aliphatic heterocycles. The number of nitrogens with zero attached hydrogens (tertiary/aromatic N) is 4. The highest BCUT2D eigenvalue weighted by Crippen LogP contribution is 2.19. The van der Waals surface area contributed by atoms with Crippen LogP contribution in [0, 0.1) is 5.92 Å². The maximum Gasteiger partial charge on any atom is 0.224 e. The van der Waals surface area contributed by atoms with Gasteiger partial charge in [-0.1, -0.05) is 26.0 Å². The maximum atomic E-state index is 11.9. The van der Waals surface area contributed by atoms with Crippen molar-refractivity contribution in [2.45, 2.75) is 26.8 Å². The van der Waals surface area contributed by atoms with Gasteiger partial charge in [-0.25, -0.2) is 9.98 Å². The predicted molar refractivity (Wildman–Crippen MR) is 131 cm³/mol. The van der Waals surface area contributed by atoms with Crippen LogP contribution in [-0.2, 0) is 11.3 Å². The summed E-state index contributed by atoms with van der Waals surface area (Å²) in [5.74, 6) is 0.935. The average Bonchev–Trinajstić information content (AvgIpc) is 3.20. The monoisotopic (exact) mass is 528 g/mol. The van der Waals surface area contributed by atoms with Crippen molar-refractivity contribution in [2.75, 3.05) is 36.4 Å². The highest BCUT2D eigenvalue weighted by molar-refractivity contribution is 14.0. The molecule has 0 unspecified atom stereocenters. The SMILES string of the molecule is CC(C)CC(=O)Nc1cccc(CN=C(N)N2CCN(c3nccs3)CC2)c1.I. The fraction of sp³-hybridized carbons (Fsp3) is 0.450. The van der Waals surface area contributed by atoms with Gasteiger partial charge in [0.05, 0.1) is 6.54 Å². The van der Waals surface area contributed by atoms with E-state index in [9.17, 15) is 4.79 Å². The summed E-state index contributed by atoms with van der Waals surface area (Å²) in [6, 6.07) is 7.77. The molecule has 3 rings (SSSR count). The Morgan fingerprint density at radius 3 is 2.72 bits per heavy atom. The summed E-state index contributed by atoms with van der Waals surface area (Å²) in [4.78, 5) is 25.2. The summed E-state index contributed by atoms with van der Waals surface area (Å²) in [7, 11) is 0. The third kappa shape index (κ3) is 7.14. The van der Waals surface area contributed by atoms with E-state index in [4.69, 9.17) is 5.73 Å². The standard InChI is InChI=1S/C20H28N6OS.HI/c1-15(2)12-18(27)24-17-5-3-4-16(13-17)14-23-19(21)25-7-9-26(10-8-25)20-22-6-11-28-20;/h3-6,11,13,15H,7-10,12,14H2,1-2H3,(H2,21,23)(H,24,27);1H. The summed E-state index contributed by atoms with van der Waals surface area (Å²) in [5, 5.41) is 6.00. The minimum atomic E-state index is 0. The fourth-order valence-corrected chi connectivity index (χ4v) is 3.80. The van der Waals surface area contributed by atoms with Gasteiger partial charge in [0.15, 0.2) is 11.1 Å². The van der Waals surface area contributed by atoms with Gasteiger partial charge >= 0.3 is 0 Å². The minimum Gasteiger partial charge on any atom is -0.370 e. The van der Waals surface area contributed by atoms with Crippen LogP contribution in [0.3, 0.4) is 0 Å². The topological polar surface area (TPSA) is 86.8 Å². The summed E-state index contributed by atoms with van der Waals surface area (Å²) in [5.41, 5.74) is 8.03. The first-order valence-electron chi connectivity index (χ1n) is 9.59. The van der Waals surface area contributed by atoms with E-state index < -0.39 is 0 Å². The molecule has 1 saturated heterocycles. The van der Waals surface area contributed by atoms with Crippen molar-refractivity contribution in [1.29, 1.82) is 0 Å². The molecule has 1 aliphatic rings. The van der Waals surface area contributed by atoms with E-state index in [1.165, 1.54) is 0 Å². The lowest BCUT2D eigenvalue weighted by atomic mass is 10.1. The maximum absolute atomic E-state index is 11.9. The Balaban J connectivity index is 0.00000300. The Hall–Kier alpha value is -1.88. The number of guanidine groups is 1. The number of thiazole rings is 1. The predicted octanol–water partition coefficient (Wildman–Crippen LogP) is 3.38. The molecular formula is C20H29IN6OS. The van der Waals surface area contributed by atoms with Gasteiger partial charge in [-0.2, -0.15) is 0 Å². The molecule has 9 heteroatoms. The second-order valence-corrected chi connectivity index (χ2v) is 8.18. The number of hydrogen-bond acceptors (Lipinski definition) is 5. The molecule has 1 fully saturated rings. The molecule has 158 valence electrons. The number of piperazine rings is 1. The summed E-state index contributed by atoms with van der Waals surface area (Å²) < 4.78 is 0. The number of carbonyl (C=O) groups excluding carboxylic acids is 1. The molecule has 0 atom stereocenters. The van der Waals surface area contributed by atoms with Crippen molar-refractivity contribution in [1.82, 2.24) is 9.88 Å². The number of carbonyl (C=O) groups is 1. The molecule has 7 nitrogen and oxygen atoms in total. The van der Waals surface area contributed by atoms with Gasteiger partial charge in [0.25, 0.3) is 0 Å². The molecule has 1 aromatic heterocycles. The fourth-order valence-electron chi connectivity index (χ4n) is 3.10. The number of halogens is 1. The Kier molecular flexibility index (Phi) is 9.15. The molecule has 3 N–H and O–H groups in total. The van der Waals surface area contributed by atoms with Gasteiger partial charge in [0, 0.05) is 49.9 Å². The minimum absolute atomic E-state index is 0. The first-order chi connectivity index (χ1) is 13.5. The van der Waals surface area contributed by atoms with Crippen LogP contribution < -0.4 is 16.0 Å². The molecule has 0 radical (unpaired) electrons. The van der Waals surface area contributed by atoms with E-state index >= 15 is 0 Å². The normalized spacial score (nSPS) is 14.7. The summed E-state index contributed by atoms with van der Waals surface area (Å²) in [6.45, 7) is 8.00. The van der Waals surface area contributed by atoms with E-state index in [1.807, 2.05) is 49.7 Å². The third-order valence-corrected chi connectivity index (χ3v) is 5.35. The van der Waals surface area contributed by atoms with Gasteiger partial charge in [-0.05, 0) is 23.6 Å². The number of nitrogens with one attached hydrogen (secondary N) is 1. The molecule has 0 saturated carbocycles. The van der Waals surface area contributed by atoms with E-state index in [0.29, 0.717) is 24.8 Å². The van der Waals surface area contributed by atoms with E-state index in [0.717, 1.165) is 42.6 Å². The van der Waals surface area contributed by atoms with Crippen LogP contribution in [-0.4, -0.2) is 47.9 Å². The Morgan fingerprint density at radius 1 is 1.31 bits per heavy atom. The Labute approximate surface area is 193 Å². The van der Waals surface area contributed by atoms with Crippen molar-refractivity contribution >= 4 is 58.0 Å². The van der Waals surface area contributed by atoms with Crippen molar-refractivity contribution in [3.05, 3.63) is 41.4 Å². The van der Waals surface area contributed by atoms with Crippen molar-refractivity contribution in [3.8, 4) is 0 Å². The van der Waals surface area contributed by atoms with Crippen molar-refractivity contribution < 1.29 is 4.79 Å². The zero-order valence-corrected chi connectivity index (χ0v) is 20.0. The number of amides is 1. The van der Waals surface area contributed by atoms with E-state index in [-0.39, 0.29) is 29.9 Å². The Morgan fingerprint density at radius 2 is 2.07 bits per heavy atom. The molecule has 2 aromatic rings. The van der Waals surface area contributed by atoms with Gasteiger partial charge in [-0.3, -0.25) is 4.79 Å². The van der Waals surface area contributed by atoms with Crippen LogP contribution in [0.1, 0.15) is 25.8 Å². The third-order valence-electron chi connectivity index (χ3n) is 4.52. The summed E-state index contributed by atoms with van der Waals surface area (Å²) in [6.07, 6.45) is 2.35. The smallest absolute Gasteiger partial charge is 0.224 e. The second-order valence-electron chi connectivity index (χ2n) is 7.31. The quantitative estimate of drug-likeness (QED) is 0.341. The van der Waals surface area contributed by atoms with Crippen molar-refractivity contribution in [2.24, 2.45) is 16.6 Å². The zero-order valence-electron chi connectivity index (χ0n) is 16.9. The van der Waals surface area contributed by atoms with Gasteiger partial charge < -0.3 is 20.9 Å². The first-order valence-corrected chi connectivity index (χ1v) is 10.5. The molecule has 1 amide bonds. The number of hydrogen-bond donors (Lipinski definition) is 2. The lowest BCUT2D eigenvalue weighted by Crippen LogP contribution is -2.51. The van der Waals surface area contributed by atoms with E-state index in [2.05, 4.69) is 25.1 Å². The van der Waals surface area contributed by atoms with Crippen LogP contribution in [0.5, 0.6) is 0 Å². The number of rotatable bonds is 6. The molecule has 1 aromatic carbocycles. The van der Waals surface area contributed by atoms with Gasteiger partial charge in [0.1, 0.15) is 0 Å². The lowest BCUT2D eigenvalue weighted by Gasteiger charge is -2.35. The zero-order chi connectivity index (χ0) is 19.9. The number of nitrogens with two attached hydrogens (primary N) is 1. The first kappa shape index (κ1) is 23.4. The molecule has 0 spiro atoms. The molecule has 2 heterocycles. The molecule has 0 bridgehead atoms. The lowest BCUT2D eigenvalue weighted by molar-refractivity contribution is -0.116. The van der Waals surface area contributed by atoms with Crippen molar-refractivity contribution in [3.63, 3.8) is 0 Å². The van der Waals surface area contributed by atoms with Crippen LogP contribution in [0.2, 0.25) is 0 Å². The van der Waals surface area contributed by atoms with E-state index in [1.54, 1.807) is 11.3 Å². The van der Waals surface area contributed by atoms with Gasteiger partial charge in [-0.15, -0.1) is 35.3 Å². The largest absolute Gasteiger partial charge is 0.370 e. The molecule has 0 aliphatic carbocycles. The number of anilines is 2. The number of benzene rings is 1. The molecular weight excluding hydrogens is 499 g/mol. The van der Waals surface area contributed by atoms with Crippen LogP contribution in [0.4, 0.5) is 10.8 Å². The second kappa shape index (κ2) is 11.3. The van der Waals surface area contributed by atoms with Crippen LogP contribution >= 0.6 is 35.3 Å². The molecule has 29 heavy (non-hydrogen) atoms. The van der Waals surface area contributed by atoms with Crippen LogP contribution in [0.15, 0.2) is 40.8 Å². The average molecular weight is 528 g/mol. The number of aliphatic imine (C=N–C) groups is 1. The summed E-state index contributed by atoms with van der Waals surface area (Å²) >= 11 is 1.66. The highest BCUT2D eigenvalue weighted by Gasteiger charge is 2.19.